The van der Waals surface area contributed by atoms with Crippen LogP contribution in [0.3, 0.4) is 0 Å². The Balaban J connectivity index is 1.37. The zero-order chi connectivity index (χ0) is 28.6. The van der Waals surface area contributed by atoms with Gasteiger partial charge in [0, 0.05) is 36.5 Å². The second-order valence-electron chi connectivity index (χ2n) is 10.5. The van der Waals surface area contributed by atoms with Crippen LogP contribution in [0.1, 0.15) is 41.0 Å². The van der Waals surface area contributed by atoms with E-state index in [0.29, 0.717) is 11.3 Å². The number of sulfone groups is 1. The van der Waals surface area contributed by atoms with Gasteiger partial charge in [0.05, 0.1) is 46.2 Å². The molecule has 0 saturated carbocycles. The Morgan fingerprint density at radius 3 is 2.45 bits per heavy atom. The summed E-state index contributed by atoms with van der Waals surface area (Å²) >= 11 is 0. The first kappa shape index (κ1) is 27.7. The van der Waals surface area contributed by atoms with Gasteiger partial charge in [-0.3, -0.25) is 9.78 Å². The molecule has 1 amide bonds. The molecule has 4 aromatic rings. The number of carbonyl (C=O) groups is 1. The molecular weight excluding hydrogens is 526 g/mol. The molecule has 1 aliphatic rings. The van der Waals surface area contributed by atoms with Crippen LogP contribution in [0.15, 0.2) is 59.6 Å². The fourth-order valence-electron chi connectivity index (χ4n) is 5.02. The Morgan fingerprint density at radius 2 is 1.73 bits per heavy atom. The maximum Gasteiger partial charge on any atom is 0.251 e. The summed E-state index contributed by atoms with van der Waals surface area (Å²) in [7, 11) is -3.44. The number of fused-ring (bicyclic) bond motifs is 1. The summed E-state index contributed by atoms with van der Waals surface area (Å²) in [6.07, 6.45) is 3.13. The van der Waals surface area contributed by atoms with Crippen molar-refractivity contribution in [2.24, 2.45) is 0 Å². The van der Waals surface area contributed by atoms with E-state index in [9.17, 15) is 13.2 Å². The highest BCUT2D eigenvalue weighted by Crippen LogP contribution is 2.27. The predicted octanol–water partition coefficient (Wildman–Crippen LogP) is 4.26. The summed E-state index contributed by atoms with van der Waals surface area (Å²) in [6, 6.07) is 14.5. The first-order chi connectivity index (χ1) is 19.0. The summed E-state index contributed by atoms with van der Waals surface area (Å²) in [5.41, 5.74) is 4.86. The van der Waals surface area contributed by atoms with Crippen molar-refractivity contribution in [2.75, 3.05) is 24.2 Å². The molecule has 0 unspecified atom stereocenters. The number of hydrogen-bond donors (Lipinski definition) is 1. The van der Waals surface area contributed by atoms with Crippen molar-refractivity contribution in [1.82, 2.24) is 20.3 Å². The molecule has 1 N–H and O–H groups in total. The van der Waals surface area contributed by atoms with E-state index >= 15 is 0 Å². The van der Waals surface area contributed by atoms with E-state index in [2.05, 4.69) is 35.1 Å². The Morgan fingerprint density at radius 1 is 1.00 bits per heavy atom. The van der Waals surface area contributed by atoms with E-state index < -0.39 is 9.84 Å². The van der Waals surface area contributed by atoms with Crippen molar-refractivity contribution in [2.45, 2.75) is 51.3 Å². The number of hydrogen-bond acceptors (Lipinski definition) is 8. The molecule has 0 bridgehead atoms. The molecule has 2 atom stereocenters. The number of carbonyl (C=O) groups excluding carboxylic acids is 1. The number of pyridine rings is 3. The second-order valence-corrected chi connectivity index (χ2v) is 12.5. The van der Waals surface area contributed by atoms with Gasteiger partial charge in [0.2, 0.25) is 0 Å². The van der Waals surface area contributed by atoms with Crippen molar-refractivity contribution >= 4 is 32.5 Å². The van der Waals surface area contributed by atoms with Crippen LogP contribution in [-0.2, 0) is 21.1 Å². The van der Waals surface area contributed by atoms with Crippen molar-refractivity contribution in [3.05, 3.63) is 77.1 Å². The average Bonchev–Trinajstić information content (AvgIpc) is 2.90. The van der Waals surface area contributed by atoms with E-state index in [1.54, 1.807) is 25.3 Å². The Bertz CT molecular complexity index is 1700. The molecule has 3 aromatic heterocycles. The zero-order valence-corrected chi connectivity index (χ0v) is 24.1. The topological polar surface area (TPSA) is 114 Å². The first-order valence-electron chi connectivity index (χ1n) is 13.2. The lowest BCUT2D eigenvalue weighted by Gasteiger charge is -2.36. The number of benzene rings is 1. The monoisotopic (exact) mass is 559 g/mol. The van der Waals surface area contributed by atoms with Crippen molar-refractivity contribution in [1.29, 1.82) is 0 Å². The molecule has 1 saturated heterocycles. The third kappa shape index (κ3) is 5.97. The van der Waals surface area contributed by atoms with Crippen molar-refractivity contribution in [3.8, 4) is 11.4 Å². The molecule has 1 aromatic carbocycles. The SMILES string of the molecule is Cc1ccc(C(=O)NCc2cc3nc(-c4nc(N5C[C@@H](C)O[C@@H](C)C5)ccc4C)ccc3cn2)cc1S(C)(=O)=O. The van der Waals surface area contributed by atoms with Crippen LogP contribution >= 0.6 is 0 Å². The minimum absolute atomic E-state index is 0.133. The van der Waals surface area contributed by atoms with Gasteiger partial charge in [0.1, 0.15) is 5.82 Å². The molecular formula is C30H33N5O4S. The lowest BCUT2D eigenvalue weighted by Crippen LogP contribution is -2.45. The smallest absolute Gasteiger partial charge is 0.251 e. The highest BCUT2D eigenvalue weighted by molar-refractivity contribution is 7.90. The van der Waals surface area contributed by atoms with E-state index in [0.717, 1.165) is 53.0 Å². The summed E-state index contributed by atoms with van der Waals surface area (Å²) < 4.78 is 30.0. The maximum atomic E-state index is 12.8. The van der Waals surface area contributed by atoms with Crippen LogP contribution < -0.4 is 10.2 Å². The van der Waals surface area contributed by atoms with Crippen LogP contribution in [0.4, 0.5) is 5.82 Å². The number of ether oxygens (including phenoxy) is 1. The fraction of sp³-hybridized carbons (Fsp3) is 0.333. The van der Waals surface area contributed by atoms with Gasteiger partial charge >= 0.3 is 0 Å². The van der Waals surface area contributed by atoms with E-state index in [1.807, 2.05) is 31.2 Å². The van der Waals surface area contributed by atoms with Gasteiger partial charge < -0.3 is 15.0 Å². The van der Waals surface area contributed by atoms with Crippen LogP contribution in [0.5, 0.6) is 0 Å². The van der Waals surface area contributed by atoms with Gasteiger partial charge in [0.15, 0.2) is 9.84 Å². The van der Waals surface area contributed by atoms with Crippen molar-refractivity contribution in [3.63, 3.8) is 0 Å². The highest BCUT2D eigenvalue weighted by atomic mass is 32.2. The standard InChI is InChI=1S/C30H33N5O4S/c1-18-6-8-22(12-27(18)40(5,37)38)30(36)32-15-24-13-26-23(14-31-24)9-10-25(33-26)29-19(2)7-11-28(34-29)35-16-20(3)39-21(4)17-35/h6-14,20-21H,15-17H2,1-5H3,(H,32,36)/t20-,21+. The molecule has 0 spiro atoms. The number of morpholine rings is 1. The van der Waals surface area contributed by atoms with Crippen LogP contribution in [0, 0.1) is 13.8 Å². The molecule has 0 aliphatic carbocycles. The highest BCUT2D eigenvalue weighted by Gasteiger charge is 2.24. The largest absolute Gasteiger partial charge is 0.372 e. The number of amides is 1. The van der Waals surface area contributed by atoms with Gasteiger partial charge in [-0.15, -0.1) is 0 Å². The van der Waals surface area contributed by atoms with Crippen LogP contribution in [-0.4, -0.2) is 60.8 Å². The molecule has 1 fully saturated rings. The molecule has 4 heterocycles. The summed E-state index contributed by atoms with van der Waals surface area (Å²) in [4.78, 5) is 29.5. The van der Waals surface area contributed by atoms with Gasteiger partial charge in [-0.05, 0) is 75.2 Å². The van der Waals surface area contributed by atoms with Crippen LogP contribution in [0.25, 0.3) is 22.3 Å². The number of anilines is 1. The molecule has 208 valence electrons. The lowest BCUT2D eigenvalue weighted by atomic mass is 10.1. The van der Waals surface area contributed by atoms with Gasteiger partial charge in [-0.2, -0.15) is 0 Å². The predicted molar refractivity (Wildman–Crippen MR) is 155 cm³/mol. The fourth-order valence-corrected chi connectivity index (χ4v) is 6.01. The summed E-state index contributed by atoms with van der Waals surface area (Å²) in [5.74, 6) is 0.523. The van der Waals surface area contributed by atoms with E-state index in [4.69, 9.17) is 14.7 Å². The minimum atomic E-state index is -3.44. The number of nitrogens with zero attached hydrogens (tertiary/aromatic N) is 4. The van der Waals surface area contributed by atoms with Gasteiger partial charge in [-0.1, -0.05) is 12.1 Å². The summed E-state index contributed by atoms with van der Waals surface area (Å²) in [6.45, 7) is 9.61. The number of aromatic nitrogens is 3. The molecule has 5 rings (SSSR count). The molecule has 9 nitrogen and oxygen atoms in total. The lowest BCUT2D eigenvalue weighted by molar-refractivity contribution is -0.00545. The quantitative estimate of drug-likeness (QED) is 0.373. The third-order valence-corrected chi connectivity index (χ3v) is 8.22. The minimum Gasteiger partial charge on any atom is -0.372 e. The second kappa shape index (κ2) is 10.9. The molecule has 40 heavy (non-hydrogen) atoms. The first-order valence-corrected chi connectivity index (χ1v) is 15.1. The number of rotatable bonds is 6. The van der Waals surface area contributed by atoms with Gasteiger partial charge in [-0.25, -0.2) is 18.4 Å². The molecule has 10 heteroatoms. The number of aryl methyl sites for hydroxylation is 2. The Labute approximate surface area is 234 Å². The van der Waals surface area contributed by atoms with Gasteiger partial charge in [0.25, 0.3) is 5.91 Å². The van der Waals surface area contributed by atoms with Crippen molar-refractivity contribution < 1.29 is 17.9 Å². The average molecular weight is 560 g/mol. The number of nitrogens with one attached hydrogen (secondary N) is 1. The van der Waals surface area contributed by atoms with E-state index in [1.165, 1.54) is 6.07 Å². The zero-order valence-electron chi connectivity index (χ0n) is 23.3. The third-order valence-electron chi connectivity index (χ3n) is 6.98. The Kier molecular flexibility index (Phi) is 7.57. The maximum absolute atomic E-state index is 12.8. The molecule has 1 aliphatic heterocycles. The Hall–Kier alpha value is -3.89. The van der Waals surface area contributed by atoms with Crippen LogP contribution in [0.2, 0.25) is 0 Å². The normalized spacial score (nSPS) is 17.7. The van der Waals surface area contributed by atoms with E-state index in [-0.39, 0.29) is 35.1 Å². The molecule has 0 radical (unpaired) electrons. The summed E-state index contributed by atoms with van der Waals surface area (Å²) in [5, 5.41) is 3.71.